The van der Waals surface area contributed by atoms with Crippen LogP contribution in [0.25, 0.3) is 0 Å². The van der Waals surface area contributed by atoms with E-state index in [4.69, 9.17) is 0 Å². The van der Waals surface area contributed by atoms with Crippen LogP contribution >= 0.6 is 0 Å². The minimum absolute atomic E-state index is 0.0738. The van der Waals surface area contributed by atoms with E-state index in [0.29, 0.717) is 6.54 Å². The van der Waals surface area contributed by atoms with Crippen LogP contribution in [0, 0.1) is 5.92 Å². The van der Waals surface area contributed by atoms with E-state index >= 15 is 0 Å². The molecule has 0 radical (unpaired) electrons. The summed E-state index contributed by atoms with van der Waals surface area (Å²) < 4.78 is 0. The molecule has 0 N–H and O–H groups in total. The summed E-state index contributed by atoms with van der Waals surface area (Å²) in [6.07, 6.45) is 0. The lowest BCUT2D eigenvalue weighted by Gasteiger charge is -2.17. The highest BCUT2D eigenvalue weighted by Gasteiger charge is 2.19. The molecule has 0 heterocycles. The zero-order chi connectivity index (χ0) is 9.02. The SMILES string of the molecule is CCN(C)C(=O)C(C)C(C)=O. The van der Waals surface area contributed by atoms with Crippen molar-refractivity contribution in [2.45, 2.75) is 20.8 Å². The van der Waals surface area contributed by atoms with Gasteiger partial charge in [0.1, 0.15) is 5.78 Å². The highest BCUT2D eigenvalue weighted by Crippen LogP contribution is 2.01. The molecule has 0 rings (SSSR count). The van der Waals surface area contributed by atoms with E-state index in [-0.39, 0.29) is 11.7 Å². The number of amides is 1. The van der Waals surface area contributed by atoms with Crippen LogP contribution in [-0.2, 0) is 9.59 Å². The van der Waals surface area contributed by atoms with Gasteiger partial charge in [-0.3, -0.25) is 9.59 Å². The molecule has 0 aliphatic rings. The van der Waals surface area contributed by atoms with E-state index < -0.39 is 5.92 Å². The molecule has 0 aliphatic heterocycles. The van der Waals surface area contributed by atoms with Crippen LogP contribution in [0.5, 0.6) is 0 Å². The summed E-state index contributed by atoms with van der Waals surface area (Å²) in [5.41, 5.74) is 0. The van der Waals surface area contributed by atoms with Crippen LogP contribution in [0.3, 0.4) is 0 Å². The quantitative estimate of drug-likeness (QED) is 0.565. The third-order valence-electron chi connectivity index (χ3n) is 1.83. The second-order valence-electron chi connectivity index (χ2n) is 2.68. The predicted molar refractivity (Wildman–Crippen MR) is 43.2 cm³/mol. The fourth-order valence-electron chi connectivity index (χ4n) is 0.660. The third kappa shape index (κ3) is 2.70. The van der Waals surface area contributed by atoms with E-state index in [1.165, 1.54) is 6.92 Å². The van der Waals surface area contributed by atoms with Gasteiger partial charge < -0.3 is 4.90 Å². The van der Waals surface area contributed by atoms with Crippen molar-refractivity contribution in [3.05, 3.63) is 0 Å². The lowest BCUT2D eigenvalue weighted by molar-refractivity contribution is -0.138. The Morgan fingerprint density at radius 3 is 2.18 bits per heavy atom. The summed E-state index contributed by atoms with van der Waals surface area (Å²) in [6, 6.07) is 0. The number of Topliss-reactive ketones (excluding diaryl/α,β-unsaturated/α-hetero) is 1. The van der Waals surface area contributed by atoms with Gasteiger partial charge in [-0.25, -0.2) is 0 Å². The summed E-state index contributed by atoms with van der Waals surface area (Å²) >= 11 is 0. The average molecular weight is 157 g/mol. The number of nitrogens with zero attached hydrogens (tertiary/aromatic N) is 1. The Morgan fingerprint density at radius 1 is 1.45 bits per heavy atom. The molecule has 0 aromatic rings. The average Bonchev–Trinajstić information content (AvgIpc) is 2.00. The van der Waals surface area contributed by atoms with Crippen LogP contribution in [0.1, 0.15) is 20.8 Å². The van der Waals surface area contributed by atoms with Crippen LogP contribution in [0.15, 0.2) is 0 Å². The normalized spacial score (nSPS) is 12.4. The molecule has 11 heavy (non-hydrogen) atoms. The maximum Gasteiger partial charge on any atom is 0.232 e. The number of carbonyl (C=O) groups excluding carboxylic acids is 2. The molecule has 0 aromatic heterocycles. The van der Waals surface area contributed by atoms with Crippen molar-refractivity contribution in [2.24, 2.45) is 5.92 Å². The number of hydrogen-bond donors (Lipinski definition) is 0. The Hall–Kier alpha value is -0.860. The van der Waals surface area contributed by atoms with Gasteiger partial charge in [0.15, 0.2) is 0 Å². The fourth-order valence-corrected chi connectivity index (χ4v) is 0.660. The Morgan fingerprint density at radius 2 is 1.91 bits per heavy atom. The minimum atomic E-state index is -0.486. The summed E-state index contributed by atoms with van der Waals surface area (Å²) in [4.78, 5) is 23.5. The second-order valence-corrected chi connectivity index (χ2v) is 2.68. The molecule has 3 heteroatoms. The third-order valence-corrected chi connectivity index (χ3v) is 1.83. The molecular weight excluding hydrogens is 142 g/mol. The van der Waals surface area contributed by atoms with Crippen LogP contribution in [0.2, 0.25) is 0 Å². The topological polar surface area (TPSA) is 37.4 Å². The van der Waals surface area contributed by atoms with Crippen molar-refractivity contribution in [3.8, 4) is 0 Å². The summed E-state index contributed by atoms with van der Waals surface area (Å²) in [5, 5.41) is 0. The number of hydrogen-bond acceptors (Lipinski definition) is 2. The number of ketones is 1. The van der Waals surface area contributed by atoms with Crippen LogP contribution in [0.4, 0.5) is 0 Å². The molecule has 1 unspecified atom stereocenters. The first-order valence-electron chi connectivity index (χ1n) is 3.76. The minimum Gasteiger partial charge on any atom is -0.345 e. The first-order valence-corrected chi connectivity index (χ1v) is 3.76. The molecule has 0 spiro atoms. The van der Waals surface area contributed by atoms with E-state index in [9.17, 15) is 9.59 Å². The first kappa shape index (κ1) is 10.1. The van der Waals surface area contributed by atoms with Gasteiger partial charge >= 0.3 is 0 Å². The van der Waals surface area contributed by atoms with Gasteiger partial charge in [-0.15, -0.1) is 0 Å². The van der Waals surface area contributed by atoms with Gasteiger partial charge in [0, 0.05) is 13.6 Å². The zero-order valence-electron chi connectivity index (χ0n) is 7.55. The van der Waals surface area contributed by atoms with Crippen molar-refractivity contribution >= 4 is 11.7 Å². The van der Waals surface area contributed by atoms with Gasteiger partial charge in [-0.2, -0.15) is 0 Å². The monoisotopic (exact) mass is 157 g/mol. The van der Waals surface area contributed by atoms with E-state index in [0.717, 1.165) is 0 Å². The van der Waals surface area contributed by atoms with Crippen molar-refractivity contribution in [1.82, 2.24) is 4.90 Å². The molecule has 0 saturated carbocycles. The molecule has 0 aliphatic carbocycles. The van der Waals surface area contributed by atoms with Gasteiger partial charge in [0.2, 0.25) is 5.91 Å². The van der Waals surface area contributed by atoms with Gasteiger partial charge in [-0.1, -0.05) is 0 Å². The molecule has 0 aromatic carbocycles. The predicted octanol–water partition coefficient (Wildman–Crippen LogP) is 0.690. The second kappa shape index (κ2) is 4.11. The van der Waals surface area contributed by atoms with Crippen LogP contribution < -0.4 is 0 Å². The first-order chi connectivity index (χ1) is 5.00. The van der Waals surface area contributed by atoms with E-state index in [2.05, 4.69) is 0 Å². The lowest BCUT2D eigenvalue weighted by atomic mass is 10.1. The molecule has 0 bridgehead atoms. The largest absolute Gasteiger partial charge is 0.345 e. The Balaban J connectivity index is 4.13. The van der Waals surface area contributed by atoms with E-state index in [1.54, 1.807) is 18.9 Å². The van der Waals surface area contributed by atoms with Crippen molar-refractivity contribution in [3.63, 3.8) is 0 Å². The smallest absolute Gasteiger partial charge is 0.232 e. The Kier molecular flexibility index (Phi) is 3.79. The molecule has 1 amide bonds. The van der Waals surface area contributed by atoms with Gasteiger partial charge in [-0.05, 0) is 20.8 Å². The van der Waals surface area contributed by atoms with Crippen molar-refractivity contribution < 1.29 is 9.59 Å². The molecule has 64 valence electrons. The highest BCUT2D eigenvalue weighted by atomic mass is 16.2. The van der Waals surface area contributed by atoms with Gasteiger partial charge in [0.25, 0.3) is 0 Å². The highest BCUT2D eigenvalue weighted by molar-refractivity contribution is 5.99. The summed E-state index contributed by atoms with van der Waals surface area (Å²) in [6.45, 7) is 5.60. The maximum atomic E-state index is 11.2. The Bertz CT molecular complexity index is 165. The van der Waals surface area contributed by atoms with Crippen molar-refractivity contribution in [1.29, 1.82) is 0 Å². The lowest BCUT2D eigenvalue weighted by Crippen LogP contribution is -2.34. The molecule has 3 nitrogen and oxygen atoms in total. The van der Waals surface area contributed by atoms with Gasteiger partial charge in [0.05, 0.1) is 5.92 Å². The Labute approximate surface area is 67.4 Å². The summed E-state index contributed by atoms with van der Waals surface area (Å²) in [7, 11) is 1.70. The van der Waals surface area contributed by atoms with Crippen molar-refractivity contribution in [2.75, 3.05) is 13.6 Å². The molecular formula is C8H15NO2. The van der Waals surface area contributed by atoms with Crippen LogP contribution in [-0.4, -0.2) is 30.2 Å². The fraction of sp³-hybridized carbons (Fsp3) is 0.750. The maximum absolute atomic E-state index is 11.2. The molecule has 0 fully saturated rings. The number of carbonyl (C=O) groups is 2. The molecule has 0 saturated heterocycles. The number of rotatable bonds is 3. The zero-order valence-corrected chi connectivity index (χ0v) is 7.55. The standard InChI is InChI=1S/C8H15NO2/c1-5-9(4)8(11)6(2)7(3)10/h6H,5H2,1-4H3. The summed E-state index contributed by atoms with van der Waals surface area (Å²) in [5.74, 6) is -0.657. The van der Waals surface area contributed by atoms with E-state index in [1.807, 2.05) is 6.92 Å². The molecule has 1 atom stereocenters.